The molecule has 0 amide bonds. The van der Waals surface area contributed by atoms with Crippen molar-refractivity contribution in [1.29, 1.82) is 0 Å². The summed E-state index contributed by atoms with van der Waals surface area (Å²) in [6.07, 6.45) is 0.663. The number of rotatable bonds is 4. The van der Waals surface area contributed by atoms with E-state index in [0.717, 1.165) is 0 Å². The standard InChI is InChI=1S/C8H12N2O4/c1-4-6(10-14-8(4)13)3-2-5(9)7(11)12/h5,10H,2-3,9H2,1H3,(H,11,12)/t5-/m1/s1. The second-order valence-electron chi connectivity index (χ2n) is 3.08. The molecule has 0 aliphatic rings. The fourth-order valence-electron chi connectivity index (χ4n) is 1.05. The highest BCUT2D eigenvalue weighted by Gasteiger charge is 2.13. The van der Waals surface area contributed by atoms with E-state index in [1.165, 1.54) is 0 Å². The predicted octanol–water partition coefficient (Wildman–Crippen LogP) is -0.379. The summed E-state index contributed by atoms with van der Waals surface area (Å²) in [5, 5.41) is 10.9. The highest BCUT2D eigenvalue weighted by Crippen LogP contribution is 2.04. The molecule has 0 unspecified atom stereocenters. The molecule has 0 aliphatic heterocycles. The third-order valence-corrected chi connectivity index (χ3v) is 2.05. The molecular formula is C8H12N2O4. The van der Waals surface area contributed by atoms with Gasteiger partial charge in [-0.2, -0.15) is 0 Å². The number of carbonyl (C=O) groups is 1. The number of aryl methyl sites for hydroxylation is 1. The third-order valence-electron chi connectivity index (χ3n) is 2.05. The Bertz CT molecular complexity index is 379. The lowest BCUT2D eigenvalue weighted by atomic mass is 10.1. The summed E-state index contributed by atoms with van der Waals surface area (Å²) in [5.74, 6) is -1.05. The van der Waals surface area contributed by atoms with E-state index in [2.05, 4.69) is 9.68 Å². The third kappa shape index (κ3) is 2.23. The fourth-order valence-corrected chi connectivity index (χ4v) is 1.05. The van der Waals surface area contributed by atoms with Crippen molar-refractivity contribution in [2.24, 2.45) is 5.73 Å². The normalized spacial score (nSPS) is 12.7. The Labute approximate surface area is 79.7 Å². The smallest absolute Gasteiger partial charge is 0.360 e. The zero-order chi connectivity index (χ0) is 10.7. The van der Waals surface area contributed by atoms with Crippen molar-refractivity contribution in [2.75, 3.05) is 0 Å². The lowest BCUT2D eigenvalue weighted by molar-refractivity contribution is -0.138. The molecule has 0 radical (unpaired) electrons. The molecule has 0 saturated carbocycles. The molecule has 0 fully saturated rings. The molecule has 1 atom stereocenters. The monoisotopic (exact) mass is 200 g/mol. The molecule has 0 aromatic carbocycles. The minimum Gasteiger partial charge on any atom is -0.480 e. The Balaban J connectivity index is 2.58. The molecule has 6 heteroatoms. The van der Waals surface area contributed by atoms with Gasteiger partial charge in [0.1, 0.15) is 6.04 Å². The lowest BCUT2D eigenvalue weighted by Gasteiger charge is -2.03. The van der Waals surface area contributed by atoms with Crippen LogP contribution in [0.2, 0.25) is 0 Å². The number of carboxylic acids is 1. The van der Waals surface area contributed by atoms with E-state index >= 15 is 0 Å². The van der Waals surface area contributed by atoms with Crippen LogP contribution in [-0.4, -0.2) is 22.3 Å². The molecule has 0 bridgehead atoms. The molecule has 1 aromatic heterocycles. The average molecular weight is 200 g/mol. The number of carboxylic acid groups (broad SMARTS) is 1. The number of hydrogen-bond donors (Lipinski definition) is 3. The zero-order valence-corrected chi connectivity index (χ0v) is 7.74. The van der Waals surface area contributed by atoms with Crippen molar-refractivity contribution < 1.29 is 14.4 Å². The van der Waals surface area contributed by atoms with Crippen LogP contribution in [0.4, 0.5) is 0 Å². The highest BCUT2D eigenvalue weighted by molar-refractivity contribution is 5.73. The van der Waals surface area contributed by atoms with E-state index in [1.54, 1.807) is 6.92 Å². The van der Waals surface area contributed by atoms with E-state index in [0.29, 0.717) is 17.7 Å². The molecule has 0 spiro atoms. The molecule has 1 aromatic rings. The summed E-state index contributed by atoms with van der Waals surface area (Å²) in [6.45, 7) is 1.62. The van der Waals surface area contributed by atoms with Gasteiger partial charge in [-0.3, -0.25) is 4.79 Å². The summed E-state index contributed by atoms with van der Waals surface area (Å²) in [6, 6.07) is -0.909. The van der Waals surface area contributed by atoms with Crippen molar-refractivity contribution in [1.82, 2.24) is 5.16 Å². The number of aliphatic carboxylic acids is 1. The first-order chi connectivity index (χ1) is 6.52. The van der Waals surface area contributed by atoms with Crippen LogP contribution in [0.5, 0.6) is 0 Å². The number of nitrogens with one attached hydrogen (secondary N) is 1. The van der Waals surface area contributed by atoms with Crippen molar-refractivity contribution >= 4 is 5.97 Å². The van der Waals surface area contributed by atoms with E-state index < -0.39 is 17.6 Å². The van der Waals surface area contributed by atoms with Crippen LogP contribution in [0.1, 0.15) is 17.7 Å². The summed E-state index contributed by atoms with van der Waals surface area (Å²) in [7, 11) is 0. The van der Waals surface area contributed by atoms with Gasteiger partial charge < -0.3 is 15.4 Å². The SMILES string of the molecule is Cc1c(CC[C@@H](N)C(=O)O)[nH]oc1=O. The van der Waals surface area contributed by atoms with Gasteiger partial charge in [0.05, 0.1) is 11.3 Å². The van der Waals surface area contributed by atoms with Gasteiger partial charge in [0.25, 0.3) is 0 Å². The van der Waals surface area contributed by atoms with E-state index in [1.807, 2.05) is 0 Å². The highest BCUT2D eigenvalue weighted by atomic mass is 16.5. The largest absolute Gasteiger partial charge is 0.480 e. The minimum absolute atomic E-state index is 0.269. The number of aromatic amines is 1. The van der Waals surface area contributed by atoms with E-state index in [-0.39, 0.29) is 6.42 Å². The van der Waals surface area contributed by atoms with Crippen LogP contribution in [-0.2, 0) is 11.2 Å². The molecular weight excluding hydrogens is 188 g/mol. The summed E-state index contributed by atoms with van der Waals surface area (Å²) < 4.78 is 4.52. The number of nitrogens with two attached hydrogens (primary N) is 1. The Morgan fingerprint density at radius 2 is 2.36 bits per heavy atom. The van der Waals surface area contributed by atoms with Gasteiger partial charge in [-0.05, 0) is 19.8 Å². The first-order valence-corrected chi connectivity index (χ1v) is 4.17. The van der Waals surface area contributed by atoms with Crippen LogP contribution in [0.3, 0.4) is 0 Å². The summed E-state index contributed by atoms with van der Waals surface area (Å²) in [5.41, 5.74) is 5.95. The predicted molar refractivity (Wildman–Crippen MR) is 48.0 cm³/mol. The first-order valence-electron chi connectivity index (χ1n) is 4.17. The van der Waals surface area contributed by atoms with Crippen molar-refractivity contribution in [2.45, 2.75) is 25.8 Å². The molecule has 1 rings (SSSR count). The van der Waals surface area contributed by atoms with Crippen molar-refractivity contribution in [3.8, 4) is 0 Å². The van der Waals surface area contributed by atoms with Gasteiger partial charge >= 0.3 is 11.6 Å². The van der Waals surface area contributed by atoms with Crippen LogP contribution in [0, 0.1) is 6.92 Å². The Morgan fingerprint density at radius 1 is 1.71 bits per heavy atom. The second kappa shape index (κ2) is 4.10. The van der Waals surface area contributed by atoms with Gasteiger partial charge in [0.15, 0.2) is 0 Å². The zero-order valence-electron chi connectivity index (χ0n) is 7.74. The van der Waals surface area contributed by atoms with Crippen LogP contribution in [0.25, 0.3) is 0 Å². The quantitative estimate of drug-likeness (QED) is 0.613. The molecule has 78 valence electrons. The molecule has 4 N–H and O–H groups in total. The maximum Gasteiger partial charge on any atom is 0.360 e. The van der Waals surface area contributed by atoms with Gasteiger partial charge in [-0.1, -0.05) is 0 Å². The van der Waals surface area contributed by atoms with Gasteiger partial charge in [0, 0.05) is 0 Å². The molecule has 14 heavy (non-hydrogen) atoms. The summed E-state index contributed by atoms with van der Waals surface area (Å²) in [4.78, 5) is 21.3. The Morgan fingerprint density at radius 3 is 2.79 bits per heavy atom. The van der Waals surface area contributed by atoms with Gasteiger partial charge in [-0.25, -0.2) is 9.95 Å². The minimum atomic E-state index is -1.05. The second-order valence-corrected chi connectivity index (χ2v) is 3.08. The summed E-state index contributed by atoms with van der Waals surface area (Å²) >= 11 is 0. The van der Waals surface area contributed by atoms with Crippen LogP contribution < -0.4 is 11.4 Å². The first kappa shape index (κ1) is 10.5. The van der Waals surface area contributed by atoms with Crippen LogP contribution in [0.15, 0.2) is 9.32 Å². The molecule has 1 heterocycles. The fraction of sp³-hybridized carbons (Fsp3) is 0.500. The lowest BCUT2D eigenvalue weighted by Crippen LogP contribution is -2.30. The number of aromatic nitrogens is 1. The molecule has 0 aliphatic carbocycles. The topological polar surface area (TPSA) is 109 Å². The van der Waals surface area contributed by atoms with Crippen molar-refractivity contribution in [3.63, 3.8) is 0 Å². The van der Waals surface area contributed by atoms with Gasteiger partial charge in [-0.15, -0.1) is 0 Å². The van der Waals surface area contributed by atoms with E-state index in [9.17, 15) is 9.59 Å². The Kier molecular flexibility index (Phi) is 3.08. The Hall–Kier alpha value is -1.56. The van der Waals surface area contributed by atoms with Crippen molar-refractivity contribution in [3.05, 3.63) is 21.7 Å². The maximum absolute atomic E-state index is 10.9. The average Bonchev–Trinajstić information content (AvgIpc) is 2.44. The molecule has 0 saturated heterocycles. The van der Waals surface area contributed by atoms with Gasteiger partial charge in [0.2, 0.25) is 0 Å². The number of hydrogen-bond acceptors (Lipinski definition) is 4. The van der Waals surface area contributed by atoms with E-state index in [4.69, 9.17) is 10.8 Å². The van der Waals surface area contributed by atoms with Crippen LogP contribution >= 0.6 is 0 Å². The maximum atomic E-state index is 10.9. The molecule has 6 nitrogen and oxygen atoms in total. The number of H-pyrrole nitrogens is 1.